The number of aliphatic hydroxyl groups is 1. The van der Waals surface area contributed by atoms with Crippen molar-refractivity contribution in [3.63, 3.8) is 0 Å². The first kappa shape index (κ1) is 13.3. The molecule has 1 heterocycles. The van der Waals surface area contributed by atoms with Crippen LogP contribution in [0.2, 0.25) is 0 Å². The Hall–Kier alpha value is -1.14. The summed E-state index contributed by atoms with van der Waals surface area (Å²) in [6, 6.07) is -1.21. The van der Waals surface area contributed by atoms with Gasteiger partial charge in [0, 0.05) is 5.92 Å². The van der Waals surface area contributed by atoms with Crippen LogP contribution in [0, 0.1) is 11.3 Å². The molecule has 1 saturated heterocycles. The third-order valence-electron chi connectivity index (χ3n) is 4.15. The number of carbonyl (C=O) groups excluding carboxylic acids is 1. The first-order valence-electron chi connectivity index (χ1n) is 6.38. The van der Waals surface area contributed by atoms with Crippen molar-refractivity contribution in [2.45, 2.75) is 38.3 Å². The quantitative estimate of drug-likeness (QED) is 0.534. The summed E-state index contributed by atoms with van der Waals surface area (Å²) in [5, 5.41) is 23.9. The Balaban J connectivity index is 1.91. The van der Waals surface area contributed by atoms with Gasteiger partial charge in [-0.25, -0.2) is 4.79 Å². The number of piperidine rings is 1. The molecule has 18 heavy (non-hydrogen) atoms. The maximum absolute atomic E-state index is 12.0. The van der Waals surface area contributed by atoms with Gasteiger partial charge in [0.15, 0.2) is 6.04 Å². The van der Waals surface area contributed by atoms with Crippen LogP contribution >= 0.6 is 0 Å². The molecule has 6 heteroatoms. The molecule has 0 aromatic rings. The molecule has 0 radical (unpaired) electrons. The molecule has 3 unspecified atom stereocenters. The van der Waals surface area contributed by atoms with Crippen LogP contribution in [-0.2, 0) is 9.59 Å². The van der Waals surface area contributed by atoms with Crippen molar-refractivity contribution >= 4 is 11.9 Å². The van der Waals surface area contributed by atoms with Crippen molar-refractivity contribution in [1.82, 2.24) is 10.6 Å². The van der Waals surface area contributed by atoms with Gasteiger partial charge in [0.2, 0.25) is 5.91 Å². The molecular weight excluding hydrogens is 236 g/mol. The molecule has 1 spiro atoms. The number of hydrogen-bond acceptors (Lipinski definition) is 4. The fourth-order valence-corrected chi connectivity index (χ4v) is 2.84. The minimum atomic E-state index is -1.21. The number of carboxylic acids is 1. The van der Waals surface area contributed by atoms with Crippen molar-refractivity contribution in [3.05, 3.63) is 0 Å². The van der Waals surface area contributed by atoms with E-state index >= 15 is 0 Å². The summed E-state index contributed by atoms with van der Waals surface area (Å²) in [6.45, 7) is 3.21. The van der Waals surface area contributed by atoms with E-state index in [1.807, 2.05) is 0 Å². The molecular formula is C12H20N2O4. The van der Waals surface area contributed by atoms with E-state index in [0.717, 1.165) is 32.4 Å². The summed E-state index contributed by atoms with van der Waals surface area (Å²) in [5.41, 5.74) is 0.0804. The maximum Gasteiger partial charge on any atom is 0.328 e. The molecule has 102 valence electrons. The number of aliphatic hydroxyl groups excluding tert-OH is 1. The first-order chi connectivity index (χ1) is 8.46. The van der Waals surface area contributed by atoms with Crippen molar-refractivity contribution in [2.24, 2.45) is 11.3 Å². The van der Waals surface area contributed by atoms with Crippen molar-refractivity contribution in [3.8, 4) is 0 Å². The van der Waals surface area contributed by atoms with Crippen molar-refractivity contribution in [2.75, 3.05) is 13.1 Å². The Labute approximate surface area is 106 Å². The monoisotopic (exact) mass is 256 g/mol. The van der Waals surface area contributed by atoms with E-state index in [1.54, 1.807) is 0 Å². The van der Waals surface area contributed by atoms with E-state index in [-0.39, 0.29) is 17.2 Å². The third-order valence-corrected chi connectivity index (χ3v) is 4.15. The predicted octanol–water partition coefficient (Wildman–Crippen LogP) is -0.674. The van der Waals surface area contributed by atoms with Gasteiger partial charge in [-0.1, -0.05) is 0 Å². The maximum atomic E-state index is 12.0. The number of rotatable bonds is 4. The molecule has 2 fully saturated rings. The molecule has 6 nitrogen and oxygen atoms in total. The molecule has 2 rings (SSSR count). The smallest absolute Gasteiger partial charge is 0.328 e. The summed E-state index contributed by atoms with van der Waals surface area (Å²) < 4.78 is 0. The lowest BCUT2D eigenvalue weighted by atomic mass is 9.91. The standard InChI is InChI=1S/C12H20N2O4/c1-7(15)9(11(17)18)14-10(16)8-6-12(8)2-4-13-5-3-12/h7-9,13,15H,2-6H2,1H3,(H,14,16)(H,17,18). The summed E-state index contributed by atoms with van der Waals surface area (Å²) >= 11 is 0. The highest BCUT2D eigenvalue weighted by Crippen LogP contribution is 2.58. The minimum absolute atomic E-state index is 0.0804. The van der Waals surface area contributed by atoms with Gasteiger partial charge in [-0.3, -0.25) is 4.79 Å². The Bertz CT molecular complexity index is 350. The summed E-state index contributed by atoms with van der Waals surface area (Å²) in [5.74, 6) is -1.51. The lowest BCUT2D eigenvalue weighted by molar-refractivity contribution is -0.145. The molecule has 1 amide bonds. The van der Waals surface area contributed by atoms with Crippen LogP contribution in [0.4, 0.5) is 0 Å². The van der Waals surface area contributed by atoms with Crippen LogP contribution in [0.15, 0.2) is 0 Å². The average Bonchev–Trinajstić information content (AvgIpc) is 2.99. The number of hydrogen-bond donors (Lipinski definition) is 4. The van der Waals surface area contributed by atoms with E-state index in [4.69, 9.17) is 5.11 Å². The van der Waals surface area contributed by atoms with E-state index < -0.39 is 18.1 Å². The Morgan fingerprint density at radius 1 is 1.39 bits per heavy atom. The number of aliphatic carboxylic acids is 1. The summed E-state index contributed by atoms with van der Waals surface area (Å²) in [7, 11) is 0. The highest BCUT2D eigenvalue weighted by atomic mass is 16.4. The SMILES string of the molecule is CC(O)C(NC(=O)C1CC12CCNCC2)C(=O)O. The Morgan fingerprint density at radius 3 is 2.50 bits per heavy atom. The second-order valence-electron chi connectivity index (χ2n) is 5.43. The highest BCUT2D eigenvalue weighted by molar-refractivity contribution is 5.87. The molecule has 1 saturated carbocycles. The lowest BCUT2D eigenvalue weighted by Crippen LogP contribution is -2.48. The van der Waals surface area contributed by atoms with Gasteiger partial charge in [0.05, 0.1) is 6.10 Å². The number of nitrogens with one attached hydrogen (secondary N) is 2. The topological polar surface area (TPSA) is 98.7 Å². The van der Waals surface area contributed by atoms with Gasteiger partial charge in [-0.15, -0.1) is 0 Å². The van der Waals surface area contributed by atoms with Crippen LogP contribution in [0.5, 0.6) is 0 Å². The van der Waals surface area contributed by atoms with Crippen molar-refractivity contribution < 1.29 is 19.8 Å². The average molecular weight is 256 g/mol. The second kappa shape index (κ2) is 4.85. The minimum Gasteiger partial charge on any atom is -0.480 e. The Kier molecular flexibility index (Phi) is 3.59. The van der Waals surface area contributed by atoms with Crippen LogP contribution in [0.3, 0.4) is 0 Å². The van der Waals surface area contributed by atoms with Crippen LogP contribution in [0.1, 0.15) is 26.2 Å². The highest BCUT2D eigenvalue weighted by Gasteiger charge is 2.58. The molecule has 1 aliphatic carbocycles. The van der Waals surface area contributed by atoms with Crippen molar-refractivity contribution in [1.29, 1.82) is 0 Å². The molecule has 0 bridgehead atoms. The number of amides is 1. The molecule has 1 aliphatic heterocycles. The van der Waals surface area contributed by atoms with Gasteiger partial charge >= 0.3 is 5.97 Å². The fraction of sp³-hybridized carbons (Fsp3) is 0.833. The van der Waals surface area contributed by atoms with Crippen LogP contribution in [-0.4, -0.2) is 47.3 Å². The molecule has 2 aliphatic rings. The normalized spacial score (nSPS) is 28.4. The zero-order valence-corrected chi connectivity index (χ0v) is 10.5. The number of carbonyl (C=O) groups is 2. The van der Waals surface area contributed by atoms with Crippen LogP contribution in [0.25, 0.3) is 0 Å². The van der Waals surface area contributed by atoms with E-state index in [9.17, 15) is 14.7 Å². The number of carboxylic acid groups (broad SMARTS) is 1. The zero-order valence-electron chi connectivity index (χ0n) is 10.5. The van der Waals surface area contributed by atoms with Gasteiger partial charge in [-0.05, 0) is 44.7 Å². The first-order valence-corrected chi connectivity index (χ1v) is 6.38. The Morgan fingerprint density at radius 2 is 2.00 bits per heavy atom. The van der Waals surface area contributed by atoms with E-state index in [2.05, 4.69) is 10.6 Å². The fourth-order valence-electron chi connectivity index (χ4n) is 2.84. The summed E-state index contributed by atoms with van der Waals surface area (Å²) in [6.07, 6.45) is 1.69. The third kappa shape index (κ3) is 2.49. The molecule has 4 N–H and O–H groups in total. The van der Waals surface area contributed by atoms with E-state index in [0.29, 0.717) is 0 Å². The lowest BCUT2D eigenvalue weighted by Gasteiger charge is -2.24. The second-order valence-corrected chi connectivity index (χ2v) is 5.43. The van der Waals surface area contributed by atoms with Gasteiger partial charge in [0.1, 0.15) is 0 Å². The zero-order chi connectivity index (χ0) is 13.3. The molecule has 3 atom stereocenters. The molecule has 0 aromatic heterocycles. The summed E-state index contributed by atoms with van der Waals surface area (Å²) in [4.78, 5) is 22.9. The van der Waals surface area contributed by atoms with Gasteiger partial charge in [-0.2, -0.15) is 0 Å². The van der Waals surface area contributed by atoms with Gasteiger partial charge < -0.3 is 20.8 Å². The largest absolute Gasteiger partial charge is 0.480 e. The van der Waals surface area contributed by atoms with Crippen LogP contribution < -0.4 is 10.6 Å². The predicted molar refractivity (Wildman–Crippen MR) is 63.9 cm³/mol. The molecule has 0 aromatic carbocycles. The van der Waals surface area contributed by atoms with E-state index in [1.165, 1.54) is 6.92 Å². The van der Waals surface area contributed by atoms with Gasteiger partial charge in [0.25, 0.3) is 0 Å².